The molecule has 4 rings (SSSR count). The SMILES string of the molecule is NC(=NCCCCc1ccc(-c2ccc3c(c2)OCC(C(=O)O)C3)cc1)NC(=O)c1nc(CI)c(N)nc1N. The van der Waals surface area contributed by atoms with Crippen LogP contribution in [0.25, 0.3) is 11.1 Å². The maximum absolute atomic E-state index is 12.4. The first-order valence-electron chi connectivity index (χ1n) is 12.4. The first kappa shape index (κ1) is 28.1. The van der Waals surface area contributed by atoms with Crippen LogP contribution in [-0.2, 0) is 22.1 Å². The Hall–Kier alpha value is -3.94. The minimum absolute atomic E-state index is 0.00842. The summed E-state index contributed by atoms with van der Waals surface area (Å²) in [5.74, 6) is -1.04. The Morgan fingerprint density at radius 2 is 1.82 bits per heavy atom. The van der Waals surface area contributed by atoms with E-state index >= 15 is 0 Å². The van der Waals surface area contributed by atoms with E-state index in [0.29, 0.717) is 23.1 Å². The topological polar surface area (TPSA) is 192 Å². The molecule has 8 N–H and O–H groups in total. The number of aryl methyl sites for hydroxylation is 1. The largest absolute Gasteiger partial charge is 0.492 e. The van der Waals surface area contributed by atoms with Crippen molar-refractivity contribution in [3.05, 3.63) is 65.0 Å². The van der Waals surface area contributed by atoms with Crippen LogP contribution in [0.4, 0.5) is 11.6 Å². The number of benzene rings is 2. The number of nitrogens with zero attached hydrogens (tertiary/aromatic N) is 3. The smallest absolute Gasteiger partial charge is 0.310 e. The van der Waals surface area contributed by atoms with E-state index in [9.17, 15) is 14.7 Å². The normalized spacial score (nSPS) is 14.8. The number of fused-ring (bicyclic) bond motifs is 1. The molecule has 0 saturated carbocycles. The highest BCUT2D eigenvalue weighted by Gasteiger charge is 2.25. The molecule has 0 spiro atoms. The average Bonchev–Trinajstić information content (AvgIpc) is 2.92. The van der Waals surface area contributed by atoms with Crippen molar-refractivity contribution in [3.63, 3.8) is 0 Å². The van der Waals surface area contributed by atoms with E-state index in [4.69, 9.17) is 21.9 Å². The van der Waals surface area contributed by atoms with E-state index in [1.54, 1.807) is 0 Å². The monoisotopic (exact) mass is 643 g/mol. The first-order chi connectivity index (χ1) is 18.7. The second kappa shape index (κ2) is 12.7. The number of aliphatic carboxylic acids is 1. The van der Waals surface area contributed by atoms with Crippen molar-refractivity contribution in [1.82, 2.24) is 15.3 Å². The number of nitrogens with two attached hydrogens (primary N) is 3. The number of nitrogen functional groups attached to an aromatic ring is 2. The quantitative estimate of drug-likeness (QED) is 0.0767. The predicted molar refractivity (Wildman–Crippen MR) is 158 cm³/mol. The zero-order valence-corrected chi connectivity index (χ0v) is 23.3. The Kier molecular flexibility index (Phi) is 9.17. The molecule has 0 radical (unpaired) electrons. The van der Waals surface area contributed by atoms with Crippen LogP contribution in [0.1, 0.15) is 40.2 Å². The third kappa shape index (κ3) is 7.13. The number of guanidine groups is 1. The number of hydrogen-bond donors (Lipinski definition) is 5. The van der Waals surface area contributed by atoms with Crippen LogP contribution in [0.15, 0.2) is 47.5 Å². The van der Waals surface area contributed by atoms with Gasteiger partial charge < -0.3 is 27.0 Å². The number of halogens is 1. The Morgan fingerprint density at radius 3 is 2.54 bits per heavy atom. The lowest BCUT2D eigenvalue weighted by molar-refractivity contribution is -0.143. The van der Waals surface area contributed by atoms with Crippen molar-refractivity contribution >= 4 is 52.1 Å². The summed E-state index contributed by atoms with van der Waals surface area (Å²) in [6.07, 6.45) is 3.05. The molecule has 1 unspecified atom stereocenters. The van der Waals surface area contributed by atoms with Crippen molar-refractivity contribution in [2.24, 2.45) is 16.6 Å². The van der Waals surface area contributed by atoms with Crippen molar-refractivity contribution in [2.75, 3.05) is 24.6 Å². The molecule has 0 saturated heterocycles. The highest BCUT2D eigenvalue weighted by atomic mass is 127. The molecular formula is C27H30IN7O4. The first-order valence-corrected chi connectivity index (χ1v) is 13.9. The molecule has 0 fully saturated rings. The second-order valence-corrected chi connectivity index (χ2v) is 9.93. The molecule has 2 aromatic carbocycles. The van der Waals surface area contributed by atoms with Gasteiger partial charge in [0, 0.05) is 11.0 Å². The number of aliphatic imine (C=N–C) groups is 1. The molecule has 0 aliphatic carbocycles. The van der Waals surface area contributed by atoms with Crippen LogP contribution in [0, 0.1) is 5.92 Å². The molecule has 3 aromatic rings. The highest BCUT2D eigenvalue weighted by Crippen LogP contribution is 2.32. The number of hydrogen-bond acceptors (Lipinski definition) is 8. The molecule has 12 heteroatoms. The van der Waals surface area contributed by atoms with Crippen LogP contribution >= 0.6 is 22.6 Å². The van der Waals surface area contributed by atoms with Crippen molar-refractivity contribution in [2.45, 2.75) is 30.1 Å². The number of anilines is 2. The van der Waals surface area contributed by atoms with Gasteiger partial charge in [-0.25, -0.2) is 9.97 Å². The minimum Gasteiger partial charge on any atom is -0.492 e. The van der Waals surface area contributed by atoms with Gasteiger partial charge in [0.05, 0.1) is 11.6 Å². The van der Waals surface area contributed by atoms with E-state index in [1.807, 2.05) is 18.2 Å². The van der Waals surface area contributed by atoms with Gasteiger partial charge in [-0.2, -0.15) is 0 Å². The van der Waals surface area contributed by atoms with Gasteiger partial charge in [-0.15, -0.1) is 0 Å². The predicted octanol–water partition coefficient (Wildman–Crippen LogP) is 2.95. The third-order valence-corrected chi connectivity index (χ3v) is 7.10. The van der Waals surface area contributed by atoms with E-state index in [2.05, 4.69) is 67.1 Å². The number of carboxylic acids is 1. The summed E-state index contributed by atoms with van der Waals surface area (Å²) in [6, 6.07) is 14.2. The lowest BCUT2D eigenvalue weighted by Gasteiger charge is -2.23. The number of carbonyl (C=O) groups is 2. The van der Waals surface area contributed by atoms with E-state index in [-0.39, 0.29) is 29.9 Å². The summed E-state index contributed by atoms with van der Waals surface area (Å²) in [6.45, 7) is 0.655. The molecule has 1 amide bonds. The summed E-state index contributed by atoms with van der Waals surface area (Å²) < 4.78 is 6.19. The number of amides is 1. The Bertz CT molecular complexity index is 1400. The van der Waals surface area contributed by atoms with Gasteiger partial charge >= 0.3 is 5.97 Å². The van der Waals surface area contributed by atoms with Crippen LogP contribution < -0.4 is 27.3 Å². The van der Waals surface area contributed by atoms with Gasteiger partial charge in [0.15, 0.2) is 17.5 Å². The molecule has 1 aliphatic rings. The molecular weight excluding hydrogens is 613 g/mol. The van der Waals surface area contributed by atoms with Crippen molar-refractivity contribution < 1.29 is 19.4 Å². The van der Waals surface area contributed by atoms with Gasteiger partial charge in [-0.05, 0) is 54.0 Å². The molecule has 1 aromatic heterocycles. The van der Waals surface area contributed by atoms with E-state index < -0.39 is 17.8 Å². The van der Waals surface area contributed by atoms with E-state index in [0.717, 1.165) is 41.7 Å². The standard InChI is InChI=1S/C27H30IN7O4/c28-13-20-23(29)34-24(30)22(33-20)25(36)35-27(31)32-10-2-1-3-15-4-6-16(7-5-15)17-8-9-18-11-19(26(37)38)14-39-21(18)12-17/h4-9,12,19H,1-3,10-11,13-14H2,(H,37,38)(H4,29,30,34)(H3,31,32,35,36). The molecule has 204 valence electrons. The zero-order valence-electron chi connectivity index (χ0n) is 21.2. The van der Waals surface area contributed by atoms with Crippen LogP contribution in [0.3, 0.4) is 0 Å². The van der Waals surface area contributed by atoms with Gasteiger partial charge in [0.25, 0.3) is 5.91 Å². The number of aromatic nitrogens is 2. The van der Waals surface area contributed by atoms with Crippen LogP contribution in [-0.4, -0.2) is 46.1 Å². The lowest BCUT2D eigenvalue weighted by atomic mass is 9.94. The summed E-state index contributed by atoms with van der Waals surface area (Å²) in [5.41, 5.74) is 22.0. The lowest BCUT2D eigenvalue weighted by Crippen LogP contribution is -2.38. The maximum atomic E-state index is 12.4. The second-order valence-electron chi connectivity index (χ2n) is 9.17. The Balaban J connectivity index is 1.24. The van der Waals surface area contributed by atoms with Gasteiger partial charge in [-0.3, -0.25) is 19.9 Å². The van der Waals surface area contributed by atoms with E-state index in [1.165, 1.54) is 5.56 Å². The number of alkyl halides is 1. The van der Waals surface area contributed by atoms with Gasteiger partial charge in [0.2, 0.25) is 0 Å². The van der Waals surface area contributed by atoms with Gasteiger partial charge in [0.1, 0.15) is 18.2 Å². The highest BCUT2D eigenvalue weighted by molar-refractivity contribution is 14.1. The average molecular weight is 643 g/mol. The number of nitrogens with one attached hydrogen (secondary N) is 1. The van der Waals surface area contributed by atoms with Crippen LogP contribution in [0.2, 0.25) is 0 Å². The number of rotatable bonds is 9. The molecule has 0 bridgehead atoms. The fourth-order valence-corrected chi connectivity index (χ4v) is 4.75. The summed E-state index contributed by atoms with van der Waals surface area (Å²) in [7, 11) is 0. The molecule has 2 heterocycles. The van der Waals surface area contributed by atoms with Gasteiger partial charge in [-0.1, -0.05) is 59.0 Å². The fraction of sp³-hybridized carbons (Fsp3) is 0.296. The summed E-state index contributed by atoms with van der Waals surface area (Å²) in [5, 5.41) is 11.7. The van der Waals surface area contributed by atoms with Crippen molar-refractivity contribution in [1.29, 1.82) is 0 Å². The number of ether oxygens (including phenoxy) is 1. The summed E-state index contributed by atoms with van der Waals surface area (Å²) >= 11 is 2.08. The Labute approximate surface area is 239 Å². The molecule has 11 nitrogen and oxygen atoms in total. The van der Waals surface area contributed by atoms with Crippen LogP contribution in [0.5, 0.6) is 5.75 Å². The number of unbranched alkanes of at least 4 members (excludes halogenated alkanes) is 1. The summed E-state index contributed by atoms with van der Waals surface area (Å²) in [4.78, 5) is 36.0. The third-order valence-electron chi connectivity index (χ3n) is 6.37. The zero-order chi connectivity index (χ0) is 27.9. The fourth-order valence-electron chi connectivity index (χ4n) is 4.19. The Morgan fingerprint density at radius 1 is 1.08 bits per heavy atom. The number of carbonyl (C=O) groups excluding carboxylic acids is 1. The molecule has 1 aliphatic heterocycles. The molecule has 1 atom stereocenters. The number of carboxylic acid groups (broad SMARTS) is 1. The minimum atomic E-state index is -0.831. The van der Waals surface area contributed by atoms with Crippen molar-refractivity contribution in [3.8, 4) is 16.9 Å². The molecule has 39 heavy (non-hydrogen) atoms. The maximum Gasteiger partial charge on any atom is 0.310 e.